The van der Waals surface area contributed by atoms with Crippen molar-refractivity contribution in [3.05, 3.63) is 43.9 Å². The Labute approximate surface area is 144 Å². The third-order valence-electron chi connectivity index (χ3n) is 2.95. The lowest BCUT2D eigenvalue weighted by atomic mass is 10.3. The number of hydrogen-bond donors (Lipinski definition) is 1. The highest BCUT2D eigenvalue weighted by molar-refractivity contribution is 9.10. The normalized spacial score (nSPS) is 11.0. The Morgan fingerprint density at radius 2 is 2.05 bits per heavy atom. The maximum atomic E-state index is 6.04. The number of nitrogens with zero attached hydrogens (tertiary/aromatic N) is 2. The number of fused-ring (bicyclic) bond motifs is 1. The van der Waals surface area contributed by atoms with E-state index in [0.29, 0.717) is 10.8 Å². The van der Waals surface area contributed by atoms with E-state index in [1.54, 1.807) is 11.3 Å². The van der Waals surface area contributed by atoms with Crippen molar-refractivity contribution in [1.82, 2.24) is 9.97 Å². The molecule has 2 heterocycles. The van der Waals surface area contributed by atoms with Crippen molar-refractivity contribution < 1.29 is 0 Å². The zero-order chi connectivity index (χ0) is 15.0. The van der Waals surface area contributed by atoms with Gasteiger partial charge in [-0.3, -0.25) is 0 Å². The number of anilines is 2. The number of halogens is 3. The molecule has 1 N–H and O–H groups in total. The van der Waals surface area contributed by atoms with Crippen LogP contribution in [0.4, 0.5) is 11.5 Å². The molecule has 0 amide bonds. The fourth-order valence-electron chi connectivity index (χ4n) is 1.94. The zero-order valence-electron chi connectivity index (χ0n) is 11.0. The maximum Gasteiger partial charge on any atom is 0.225 e. The Kier molecular flexibility index (Phi) is 4.36. The molecule has 0 aliphatic carbocycles. The number of benzene rings is 1. The lowest BCUT2D eigenvalue weighted by Gasteiger charge is -2.09. The van der Waals surface area contributed by atoms with E-state index in [-0.39, 0.29) is 5.28 Å². The van der Waals surface area contributed by atoms with Crippen LogP contribution in [0.15, 0.2) is 28.7 Å². The Bertz CT molecular complexity index is 819. The van der Waals surface area contributed by atoms with Crippen LogP contribution >= 0.6 is 50.5 Å². The first kappa shape index (κ1) is 15.0. The van der Waals surface area contributed by atoms with Crippen LogP contribution in [0.2, 0.25) is 10.3 Å². The molecule has 0 aliphatic rings. The molecule has 0 unspecified atom stereocenters. The van der Waals surface area contributed by atoms with E-state index >= 15 is 0 Å². The van der Waals surface area contributed by atoms with Gasteiger partial charge in [0.15, 0.2) is 0 Å². The highest BCUT2D eigenvalue weighted by atomic mass is 79.9. The van der Waals surface area contributed by atoms with Gasteiger partial charge in [0.05, 0.1) is 11.1 Å². The smallest absolute Gasteiger partial charge is 0.225 e. The molecule has 1 aromatic carbocycles. The number of nitrogens with one attached hydrogen (secondary N) is 1. The van der Waals surface area contributed by atoms with E-state index in [0.717, 1.165) is 26.8 Å². The summed E-state index contributed by atoms with van der Waals surface area (Å²) in [6.07, 6.45) is 0.957. The van der Waals surface area contributed by atoms with Gasteiger partial charge in [0.2, 0.25) is 5.28 Å². The van der Waals surface area contributed by atoms with Crippen molar-refractivity contribution in [3.63, 3.8) is 0 Å². The Morgan fingerprint density at radius 1 is 1.24 bits per heavy atom. The minimum Gasteiger partial charge on any atom is -0.339 e. The van der Waals surface area contributed by atoms with Crippen LogP contribution in [0.3, 0.4) is 0 Å². The van der Waals surface area contributed by atoms with Gasteiger partial charge in [0, 0.05) is 14.4 Å². The van der Waals surface area contributed by atoms with Gasteiger partial charge in [-0.2, -0.15) is 4.98 Å². The summed E-state index contributed by atoms with van der Waals surface area (Å²) in [5.74, 6) is 0.684. The second kappa shape index (κ2) is 6.08. The largest absolute Gasteiger partial charge is 0.339 e. The number of aryl methyl sites for hydroxylation is 1. The summed E-state index contributed by atoms with van der Waals surface area (Å²) < 4.78 is 0.903. The predicted molar refractivity (Wildman–Crippen MR) is 94.2 cm³/mol. The average Bonchev–Trinajstić information content (AvgIpc) is 2.86. The first-order valence-electron chi connectivity index (χ1n) is 6.25. The molecule has 0 saturated heterocycles. The van der Waals surface area contributed by atoms with Crippen LogP contribution < -0.4 is 5.32 Å². The van der Waals surface area contributed by atoms with Crippen molar-refractivity contribution in [3.8, 4) is 0 Å². The minimum atomic E-state index is 0.229. The van der Waals surface area contributed by atoms with Crippen LogP contribution in [0, 0.1) is 0 Å². The van der Waals surface area contributed by atoms with E-state index in [9.17, 15) is 0 Å². The minimum absolute atomic E-state index is 0.229. The van der Waals surface area contributed by atoms with E-state index in [2.05, 4.69) is 44.2 Å². The van der Waals surface area contributed by atoms with Gasteiger partial charge in [-0.1, -0.05) is 18.5 Å². The molecule has 2 aromatic heterocycles. The lowest BCUT2D eigenvalue weighted by Crippen LogP contribution is -1.96. The van der Waals surface area contributed by atoms with Gasteiger partial charge in [-0.05, 0) is 58.2 Å². The van der Waals surface area contributed by atoms with Gasteiger partial charge >= 0.3 is 0 Å². The Morgan fingerprint density at radius 3 is 2.81 bits per heavy atom. The number of hydrogen-bond acceptors (Lipinski definition) is 4. The highest BCUT2D eigenvalue weighted by Crippen LogP contribution is 2.34. The topological polar surface area (TPSA) is 37.8 Å². The van der Waals surface area contributed by atoms with Gasteiger partial charge in [0.1, 0.15) is 10.6 Å². The summed E-state index contributed by atoms with van der Waals surface area (Å²) in [7, 11) is 0. The third-order valence-corrected chi connectivity index (χ3v) is 5.22. The lowest BCUT2D eigenvalue weighted by molar-refractivity contribution is 1.19. The summed E-state index contributed by atoms with van der Waals surface area (Å²) in [6.45, 7) is 2.11. The van der Waals surface area contributed by atoms with Crippen molar-refractivity contribution in [2.45, 2.75) is 13.3 Å². The molecule has 0 atom stereocenters. The van der Waals surface area contributed by atoms with Gasteiger partial charge in [0.25, 0.3) is 0 Å². The van der Waals surface area contributed by atoms with Crippen molar-refractivity contribution in [2.75, 3.05) is 5.32 Å². The molecule has 0 aliphatic heterocycles. The van der Waals surface area contributed by atoms with Gasteiger partial charge < -0.3 is 5.32 Å². The molecule has 0 radical (unpaired) electrons. The van der Waals surface area contributed by atoms with Gasteiger partial charge in [-0.15, -0.1) is 11.3 Å². The molecule has 0 fully saturated rings. The fourth-order valence-corrected chi connectivity index (χ4v) is 3.64. The molecule has 7 heteroatoms. The van der Waals surface area contributed by atoms with E-state index in [1.807, 2.05) is 18.2 Å². The fraction of sp³-hybridized carbons (Fsp3) is 0.143. The van der Waals surface area contributed by atoms with Crippen LogP contribution in [0.1, 0.15) is 11.8 Å². The van der Waals surface area contributed by atoms with Crippen molar-refractivity contribution in [2.24, 2.45) is 0 Å². The quantitative estimate of drug-likeness (QED) is 0.540. The molecular weight excluding hydrogens is 393 g/mol. The second-order valence-corrected chi connectivity index (χ2v) is 7.12. The third kappa shape index (κ3) is 3.16. The monoisotopic (exact) mass is 401 g/mol. The van der Waals surface area contributed by atoms with Gasteiger partial charge in [-0.25, -0.2) is 4.98 Å². The molecular formula is C14H10BrCl2N3S. The average molecular weight is 403 g/mol. The van der Waals surface area contributed by atoms with Crippen LogP contribution in [-0.4, -0.2) is 9.97 Å². The summed E-state index contributed by atoms with van der Waals surface area (Å²) in [4.78, 5) is 10.7. The molecule has 3 aromatic rings. The first-order chi connectivity index (χ1) is 10.1. The number of thiophene rings is 1. The molecule has 21 heavy (non-hydrogen) atoms. The summed E-state index contributed by atoms with van der Waals surface area (Å²) >= 11 is 17.2. The van der Waals surface area contributed by atoms with E-state index in [1.165, 1.54) is 4.88 Å². The molecule has 3 rings (SSSR count). The highest BCUT2D eigenvalue weighted by Gasteiger charge is 2.12. The number of aromatic nitrogens is 2. The van der Waals surface area contributed by atoms with Crippen LogP contribution in [0.5, 0.6) is 0 Å². The Hall–Kier alpha value is -0.880. The van der Waals surface area contributed by atoms with E-state index in [4.69, 9.17) is 23.2 Å². The molecule has 3 nitrogen and oxygen atoms in total. The van der Waals surface area contributed by atoms with Crippen LogP contribution in [-0.2, 0) is 6.42 Å². The maximum absolute atomic E-state index is 6.04. The molecule has 0 saturated carbocycles. The van der Waals surface area contributed by atoms with Crippen molar-refractivity contribution >= 4 is 72.2 Å². The predicted octanol–water partition coefficient (Wildman–Crippen LogP) is 6.07. The molecule has 0 bridgehead atoms. The SMILES string of the molecule is CCc1cc2c(Nc3cc(Cl)ccc3Br)nc(Cl)nc2s1. The number of rotatable bonds is 3. The molecule has 108 valence electrons. The summed E-state index contributed by atoms with van der Waals surface area (Å²) in [5, 5.41) is 5.12. The first-order valence-corrected chi connectivity index (χ1v) is 8.61. The Balaban J connectivity index is 2.11. The summed E-state index contributed by atoms with van der Waals surface area (Å²) in [6, 6.07) is 7.63. The van der Waals surface area contributed by atoms with Crippen LogP contribution in [0.25, 0.3) is 10.2 Å². The molecule has 0 spiro atoms. The van der Waals surface area contributed by atoms with E-state index < -0.39 is 0 Å². The van der Waals surface area contributed by atoms with Crippen molar-refractivity contribution in [1.29, 1.82) is 0 Å². The standard InChI is InChI=1S/C14H10BrCl2N3S/c1-2-8-6-9-12(19-14(17)20-13(9)21-8)18-11-5-7(16)3-4-10(11)15/h3-6H,2H2,1H3,(H,18,19,20). The zero-order valence-corrected chi connectivity index (χ0v) is 14.9. The second-order valence-electron chi connectivity index (χ2n) is 4.38. The summed E-state index contributed by atoms with van der Waals surface area (Å²) in [5.41, 5.74) is 0.836.